The first-order chi connectivity index (χ1) is 12.2. The summed E-state index contributed by atoms with van der Waals surface area (Å²) in [6, 6.07) is 10.5. The lowest BCUT2D eigenvalue weighted by Crippen LogP contribution is -2.16. The van der Waals surface area contributed by atoms with Crippen molar-refractivity contribution >= 4 is 28.1 Å². The van der Waals surface area contributed by atoms with E-state index in [0.717, 1.165) is 4.88 Å². The highest BCUT2D eigenvalue weighted by atomic mass is 32.1. The minimum atomic E-state index is -0.645. The third-order valence-electron chi connectivity index (χ3n) is 3.52. The lowest BCUT2D eigenvalue weighted by molar-refractivity contribution is 0.0462. The fourth-order valence-electron chi connectivity index (χ4n) is 2.36. The largest absolute Gasteiger partial charge is 0.454 e. The fourth-order valence-corrected chi connectivity index (χ4v) is 3.02. The number of carbonyl (C=O) groups excluding carboxylic acids is 1. The van der Waals surface area contributed by atoms with Crippen molar-refractivity contribution in [3.63, 3.8) is 0 Å². The highest BCUT2D eigenvalue weighted by Crippen LogP contribution is 2.24. The van der Waals surface area contributed by atoms with Crippen LogP contribution in [0.1, 0.15) is 16.2 Å². The normalized spacial score (nSPS) is 10.9. The van der Waals surface area contributed by atoms with Gasteiger partial charge in [0, 0.05) is 5.39 Å². The number of hydrogen-bond acceptors (Lipinski definition) is 7. The summed E-state index contributed by atoms with van der Waals surface area (Å²) in [4.78, 5) is 29.2. The number of oxazole rings is 1. The van der Waals surface area contributed by atoms with E-state index in [1.54, 1.807) is 24.3 Å². The molecule has 1 N–H and O–H groups in total. The van der Waals surface area contributed by atoms with Crippen molar-refractivity contribution in [1.29, 1.82) is 0 Å². The molecule has 0 bridgehead atoms. The number of nitrogens with one attached hydrogen (secondary N) is 1. The molecule has 0 aliphatic carbocycles. The van der Waals surface area contributed by atoms with E-state index in [9.17, 15) is 9.59 Å². The Kier molecular flexibility index (Phi) is 3.87. The van der Waals surface area contributed by atoms with Crippen molar-refractivity contribution in [1.82, 2.24) is 15.2 Å². The Labute approximate surface area is 144 Å². The van der Waals surface area contributed by atoms with Gasteiger partial charge in [0.2, 0.25) is 5.89 Å². The summed E-state index contributed by atoms with van der Waals surface area (Å²) < 4.78 is 10.6. The van der Waals surface area contributed by atoms with Crippen molar-refractivity contribution in [2.24, 2.45) is 0 Å². The van der Waals surface area contributed by atoms with Gasteiger partial charge in [0.25, 0.3) is 5.56 Å². The summed E-state index contributed by atoms with van der Waals surface area (Å²) in [5.41, 5.74) is 0.187. The van der Waals surface area contributed by atoms with Crippen LogP contribution in [0.15, 0.2) is 57.3 Å². The summed E-state index contributed by atoms with van der Waals surface area (Å²) in [6.07, 6.45) is 1.45. The second-order valence-electron chi connectivity index (χ2n) is 5.14. The lowest BCUT2D eigenvalue weighted by Gasteiger charge is -2.04. The molecular weight excluding hydrogens is 342 g/mol. The van der Waals surface area contributed by atoms with E-state index in [0.29, 0.717) is 22.4 Å². The summed E-state index contributed by atoms with van der Waals surface area (Å²) in [6.45, 7) is -0.0527. The van der Waals surface area contributed by atoms with Crippen LogP contribution in [0, 0.1) is 0 Å². The molecule has 0 aliphatic heterocycles. The van der Waals surface area contributed by atoms with E-state index in [1.807, 2.05) is 17.5 Å². The molecule has 0 atom stereocenters. The smallest absolute Gasteiger partial charge is 0.359 e. The Morgan fingerprint density at radius 1 is 1.20 bits per heavy atom. The zero-order valence-electron chi connectivity index (χ0n) is 12.8. The van der Waals surface area contributed by atoms with E-state index in [2.05, 4.69) is 15.2 Å². The molecule has 4 rings (SSSR count). The van der Waals surface area contributed by atoms with Gasteiger partial charge < -0.3 is 9.15 Å². The molecule has 3 aromatic heterocycles. The van der Waals surface area contributed by atoms with E-state index in [4.69, 9.17) is 9.15 Å². The molecule has 0 saturated carbocycles. The van der Waals surface area contributed by atoms with Crippen molar-refractivity contribution in [3.05, 3.63) is 69.8 Å². The number of thiophene rings is 1. The number of fused-ring (bicyclic) bond motifs is 1. The number of carbonyl (C=O) groups is 1. The molecule has 4 aromatic rings. The summed E-state index contributed by atoms with van der Waals surface area (Å²) >= 11 is 1.51. The first kappa shape index (κ1) is 15.3. The zero-order valence-corrected chi connectivity index (χ0v) is 13.6. The lowest BCUT2D eigenvalue weighted by atomic mass is 10.1. The fraction of sp³-hybridized carbons (Fsp3) is 0.0588. The molecule has 124 valence electrons. The Hall–Kier alpha value is -3.26. The molecule has 1 aromatic carbocycles. The van der Waals surface area contributed by atoms with E-state index >= 15 is 0 Å². The molecule has 0 aliphatic rings. The average molecular weight is 353 g/mol. The number of hydrogen-bond donors (Lipinski definition) is 1. The molecular formula is C17H11N3O4S. The van der Waals surface area contributed by atoms with Crippen LogP contribution >= 0.6 is 11.3 Å². The molecule has 3 heterocycles. The predicted octanol–water partition coefficient (Wildman–Crippen LogP) is 3.00. The van der Waals surface area contributed by atoms with Gasteiger partial charge in [-0.3, -0.25) is 4.79 Å². The van der Waals surface area contributed by atoms with Gasteiger partial charge in [-0.1, -0.05) is 24.3 Å². The van der Waals surface area contributed by atoms with Crippen LogP contribution in [0.4, 0.5) is 0 Å². The maximum Gasteiger partial charge on any atom is 0.359 e. The second-order valence-corrected chi connectivity index (χ2v) is 6.09. The third-order valence-corrected chi connectivity index (χ3v) is 4.38. The quantitative estimate of drug-likeness (QED) is 0.566. The standard InChI is InChI=1S/C17H11N3O4S/c21-15-12-5-2-1-4-11(12)14(19-20-15)17(22)24-9-10-8-23-16(18-10)13-6-3-7-25-13/h1-8H,9H2,(H,20,21). The molecule has 8 heteroatoms. The number of rotatable bonds is 4. The van der Waals surface area contributed by atoms with Crippen molar-refractivity contribution in [2.75, 3.05) is 0 Å². The van der Waals surface area contributed by atoms with Gasteiger partial charge in [-0.15, -0.1) is 11.3 Å². The molecule has 0 radical (unpaired) electrons. The van der Waals surface area contributed by atoms with Gasteiger partial charge in [0.15, 0.2) is 5.69 Å². The molecule has 0 unspecified atom stereocenters. The summed E-state index contributed by atoms with van der Waals surface area (Å²) in [5, 5.41) is 8.86. The number of aromatic nitrogens is 3. The molecule has 25 heavy (non-hydrogen) atoms. The van der Waals surface area contributed by atoms with Gasteiger partial charge in [-0.05, 0) is 17.5 Å². The monoisotopic (exact) mass is 353 g/mol. The van der Waals surface area contributed by atoms with Crippen molar-refractivity contribution in [3.8, 4) is 10.8 Å². The van der Waals surface area contributed by atoms with Crippen molar-refractivity contribution in [2.45, 2.75) is 6.61 Å². The average Bonchev–Trinajstić information content (AvgIpc) is 3.32. The van der Waals surface area contributed by atoms with Gasteiger partial charge in [-0.2, -0.15) is 5.10 Å². The number of H-pyrrole nitrogens is 1. The number of nitrogens with zero attached hydrogens (tertiary/aromatic N) is 2. The minimum absolute atomic E-state index is 0.0527. The van der Waals surface area contributed by atoms with Gasteiger partial charge in [-0.25, -0.2) is 14.9 Å². The van der Waals surface area contributed by atoms with Crippen LogP contribution in [0.2, 0.25) is 0 Å². The third kappa shape index (κ3) is 2.94. The maximum atomic E-state index is 12.3. The zero-order chi connectivity index (χ0) is 17.2. The maximum absolute atomic E-state index is 12.3. The van der Waals surface area contributed by atoms with E-state index in [-0.39, 0.29) is 17.9 Å². The highest BCUT2D eigenvalue weighted by Gasteiger charge is 2.16. The summed E-state index contributed by atoms with van der Waals surface area (Å²) in [5.74, 6) is -0.165. The first-order valence-corrected chi connectivity index (χ1v) is 8.23. The Bertz CT molecular complexity index is 1100. The van der Waals surface area contributed by atoms with Gasteiger partial charge >= 0.3 is 5.97 Å². The van der Waals surface area contributed by atoms with Crippen LogP contribution in [-0.2, 0) is 11.3 Å². The first-order valence-electron chi connectivity index (χ1n) is 7.35. The van der Waals surface area contributed by atoms with Crippen LogP contribution in [0.5, 0.6) is 0 Å². The Morgan fingerprint density at radius 2 is 2.04 bits per heavy atom. The Balaban J connectivity index is 1.54. The summed E-state index contributed by atoms with van der Waals surface area (Å²) in [7, 11) is 0. The number of ether oxygens (including phenoxy) is 1. The molecule has 0 spiro atoms. The SMILES string of the molecule is O=C(OCc1coc(-c2cccs2)n1)c1n[nH]c(=O)c2ccccc12. The van der Waals surface area contributed by atoms with Gasteiger partial charge in [0.1, 0.15) is 18.6 Å². The number of benzene rings is 1. The highest BCUT2D eigenvalue weighted by molar-refractivity contribution is 7.13. The van der Waals surface area contributed by atoms with Gasteiger partial charge in [0.05, 0.1) is 10.3 Å². The van der Waals surface area contributed by atoms with Crippen molar-refractivity contribution < 1.29 is 13.9 Å². The molecule has 0 amide bonds. The van der Waals surface area contributed by atoms with Crippen LogP contribution in [0.3, 0.4) is 0 Å². The topological polar surface area (TPSA) is 98.1 Å². The van der Waals surface area contributed by atoms with Crippen LogP contribution in [0.25, 0.3) is 21.5 Å². The molecule has 0 fully saturated rings. The van der Waals surface area contributed by atoms with E-state index in [1.165, 1.54) is 17.6 Å². The van der Waals surface area contributed by atoms with E-state index < -0.39 is 5.97 Å². The van der Waals surface area contributed by atoms with Crippen LogP contribution < -0.4 is 5.56 Å². The molecule has 0 saturated heterocycles. The van der Waals surface area contributed by atoms with Crippen LogP contribution in [-0.4, -0.2) is 21.2 Å². The predicted molar refractivity (Wildman–Crippen MR) is 91.3 cm³/mol. The molecule has 7 nitrogen and oxygen atoms in total. The second kappa shape index (κ2) is 6.33. The Morgan fingerprint density at radius 3 is 2.84 bits per heavy atom. The number of aromatic amines is 1. The number of esters is 1. The minimum Gasteiger partial charge on any atom is -0.454 e.